The Bertz CT molecular complexity index is 399. The molecule has 0 spiro atoms. The Kier molecular flexibility index (Phi) is 20.2. The standard InChI is InChI=1S/C25H48O4/c1-4-5-6-7-8-9-10-11-12-13-14-15-18-25(24(28)20-19-22(2)27)29-23(3)17-16-21-26/h22-28H,4-14,16-17,19-21H2,1-3H3. The monoisotopic (exact) mass is 412 g/mol. The summed E-state index contributed by atoms with van der Waals surface area (Å²) in [4.78, 5) is 0. The Balaban J connectivity index is 4.11. The van der Waals surface area contributed by atoms with Crippen LogP contribution >= 0.6 is 0 Å². The number of rotatable bonds is 19. The van der Waals surface area contributed by atoms with Crippen molar-refractivity contribution in [1.29, 1.82) is 0 Å². The molecule has 0 bridgehead atoms. The van der Waals surface area contributed by atoms with Gasteiger partial charge in [0.1, 0.15) is 6.10 Å². The van der Waals surface area contributed by atoms with Crippen molar-refractivity contribution in [1.82, 2.24) is 0 Å². The van der Waals surface area contributed by atoms with E-state index in [2.05, 4.69) is 18.8 Å². The normalized spacial score (nSPS) is 15.4. The van der Waals surface area contributed by atoms with Gasteiger partial charge in [0.05, 0.1) is 18.3 Å². The predicted molar refractivity (Wildman–Crippen MR) is 122 cm³/mol. The molecule has 0 aliphatic carbocycles. The lowest BCUT2D eigenvalue weighted by molar-refractivity contribution is -0.0500. The van der Waals surface area contributed by atoms with Gasteiger partial charge in [0.15, 0.2) is 0 Å². The van der Waals surface area contributed by atoms with E-state index in [0.29, 0.717) is 19.3 Å². The molecule has 0 amide bonds. The topological polar surface area (TPSA) is 69.9 Å². The fraction of sp³-hybridized carbons (Fsp3) is 0.920. The maximum atomic E-state index is 10.4. The van der Waals surface area contributed by atoms with Gasteiger partial charge in [-0.15, -0.1) is 5.92 Å². The quantitative estimate of drug-likeness (QED) is 0.197. The van der Waals surface area contributed by atoms with Crippen molar-refractivity contribution in [3.8, 4) is 11.8 Å². The van der Waals surface area contributed by atoms with Crippen molar-refractivity contribution in [2.75, 3.05) is 6.61 Å². The maximum absolute atomic E-state index is 10.4. The van der Waals surface area contributed by atoms with Gasteiger partial charge < -0.3 is 20.1 Å². The van der Waals surface area contributed by atoms with Gasteiger partial charge in [-0.2, -0.15) is 0 Å². The summed E-state index contributed by atoms with van der Waals surface area (Å²) in [6.07, 6.45) is 14.7. The largest absolute Gasteiger partial charge is 0.396 e. The first kappa shape index (κ1) is 28.4. The van der Waals surface area contributed by atoms with Crippen LogP contribution in [0, 0.1) is 11.8 Å². The molecule has 0 heterocycles. The molecule has 0 aromatic rings. The molecule has 3 N–H and O–H groups in total. The lowest BCUT2D eigenvalue weighted by Gasteiger charge is -2.23. The first-order chi connectivity index (χ1) is 14.0. The van der Waals surface area contributed by atoms with Crippen molar-refractivity contribution in [2.24, 2.45) is 0 Å². The van der Waals surface area contributed by atoms with E-state index in [9.17, 15) is 10.2 Å². The summed E-state index contributed by atoms with van der Waals surface area (Å²) in [5.74, 6) is 6.31. The van der Waals surface area contributed by atoms with E-state index in [1.807, 2.05) is 6.92 Å². The van der Waals surface area contributed by atoms with Gasteiger partial charge in [0, 0.05) is 13.0 Å². The molecule has 29 heavy (non-hydrogen) atoms. The third-order valence-electron chi connectivity index (χ3n) is 5.28. The molecule has 0 aliphatic heterocycles. The average Bonchev–Trinajstić information content (AvgIpc) is 2.70. The fourth-order valence-electron chi connectivity index (χ4n) is 3.35. The first-order valence-corrected chi connectivity index (χ1v) is 12.1. The summed E-state index contributed by atoms with van der Waals surface area (Å²) in [7, 11) is 0. The molecule has 0 aliphatic rings. The molecular weight excluding hydrogens is 364 g/mol. The van der Waals surface area contributed by atoms with Crippen molar-refractivity contribution in [2.45, 2.75) is 141 Å². The molecule has 4 unspecified atom stereocenters. The van der Waals surface area contributed by atoms with Crippen LogP contribution in [-0.2, 0) is 4.74 Å². The summed E-state index contributed by atoms with van der Waals surface area (Å²) in [5.41, 5.74) is 0. The summed E-state index contributed by atoms with van der Waals surface area (Å²) in [6, 6.07) is 0. The minimum Gasteiger partial charge on any atom is -0.396 e. The Labute approximate surface area is 180 Å². The maximum Gasteiger partial charge on any atom is 0.144 e. The van der Waals surface area contributed by atoms with Crippen LogP contribution in [0.15, 0.2) is 0 Å². The van der Waals surface area contributed by atoms with E-state index in [-0.39, 0.29) is 12.7 Å². The van der Waals surface area contributed by atoms with Crippen LogP contribution in [0.5, 0.6) is 0 Å². The zero-order chi connectivity index (χ0) is 21.7. The van der Waals surface area contributed by atoms with E-state index < -0.39 is 18.3 Å². The SMILES string of the molecule is CCCCCCCCCCCCC#CC(OC(C)CCCO)C(O)CCC(C)O. The lowest BCUT2D eigenvalue weighted by Crippen LogP contribution is -2.31. The molecule has 4 atom stereocenters. The molecule has 0 rings (SSSR count). The van der Waals surface area contributed by atoms with Crippen LogP contribution in [0.3, 0.4) is 0 Å². The van der Waals surface area contributed by atoms with Gasteiger partial charge in [-0.1, -0.05) is 70.6 Å². The molecule has 4 heteroatoms. The number of unbranched alkanes of at least 4 members (excludes halogenated alkanes) is 10. The van der Waals surface area contributed by atoms with Crippen LogP contribution in [0.2, 0.25) is 0 Å². The summed E-state index contributed by atoms with van der Waals surface area (Å²) in [6.45, 7) is 6.08. The smallest absolute Gasteiger partial charge is 0.144 e. The van der Waals surface area contributed by atoms with Crippen LogP contribution < -0.4 is 0 Å². The number of hydrogen-bond acceptors (Lipinski definition) is 4. The Hall–Kier alpha value is -0.600. The van der Waals surface area contributed by atoms with E-state index in [1.54, 1.807) is 6.92 Å². The molecule has 0 aromatic carbocycles. The van der Waals surface area contributed by atoms with Crippen molar-refractivity contribution in [3.05, 3.63) is 0 Å². The number of aliphatic hydroxyl groups excluding tert-OH is 3. The van der Waals surface area contributed by atoms with E-state index >= 15 is 0 Å². The second-order valence-corrected chi connectivity index (χ2v) is 8.48. The van der Waals surface area contributed by atoms with Gasteiger partial charge in [-0.3, -0.25) is 0 Å². The Morgan fingerprint density at radius 2 is 1.34 bits per heavy atom. The van der Waals surface area contributed by atoms with Crippen LogP contribution in [0.1, 0.15) is 117 Å². The average molecular weight is 413 g/mol. The van der Waals surface area contributed by atoms with Crippen LogP contribution in [0.25, 0.3) is 0 Å². The van der Waals surface area contributed by atoms with Gasteiger partial charge in [0.2, 0.25) is 0 Å². The number of ether oxygens (including phenoxy) is 1. The molecule has 0 saturated heterocycles. The fourth-order valence-corrected chi connectivity index (χ4v) is 3.35. The summed E-state index contributed by atoms with van der Waals surface area (Å²) in [5, 5.41) is 28.8. The zero-order valence-corrected chi connectivity index (χ0v) is 19.4. The zero-order valence-electron chi connectivity index (χ0n) is 19.4. The summed E-state index contributed by atoms with van der Waals surface area (Å²) >= 11 is 0. The number of hydrogen-bond donors (Lipinski definition) is 3. The van der Waals surface area contributed by atoms with E-state index in [4.69, 9.17) is 9.84 Å². The third-order valence-corrected chi connectivity index (χ3v) is 5.28. The number of aliphatic hydroxyl groups is 3. The van der Waals surface area contributed by atoms with E-state index in [0.717, 1.165) is 19.3 Å². The second-order valence-electron chi connectivity index (χ2n) is 8.48. The van der Waals surface area contributed by atoms with Crippen LogP contribution in [0.4, 0.5) is 0 Å². The molecule has 172 valence electrons. The summed E-state index contributed by atoms with van der Waals surface area (Å²) < 4.78 is 5.93. The van der Waals surface area contributed by atoms with Crippen molar-refractivity contribution < 1.29 is 20.1 Å². The highest BCUT2D eigenvalue weighted by atomic mass is 16.5. The highest BCUT2D eigenvalue weighted by molar-refractivity contribution is 5.07. The molecule has 0 saturated carbocycles. The van der Waals surface area contributed by atoms with Gasteiger partial charge >= 0.3 is 0 Å². The second kappa shape index (κ2) is 20.7. The third kappa shape index (κ3) is 19.1. The molecule has 0 fully saturated rings. The van der Waals surface area contributed by atoms with Crippen LogP contribution in [-0.4, -0.2) is 46.3 Å². The van der Waals surface area contributed by atoms with E-state index in [1.165, 1.54) is 57.8 Å². The molecule has 0 aromatic heterocycles. The highest BCUT2D eigenvalue weighted by Gasteiger charge is 2.20. The predicted octanol–water partition coefficient (Wildman–Crippen LogP) is 5.37. The lowest BCUT2D eigenvalue weighted by atomic mass is 10.0. The van der Waals surface area contributed by atoms with Gasteiger partial charge in [-0.05, 0) is 46.0 Å². The minimum atomic E-state index is -0.693. The van der Waals surface area contributed by atoms with Crippen molar-refractivity contribution >= 4 is 0 Å². The van der Waals surface area contributed by atoms with Gasteiger partial charge in [0.25, 0.3) is 0 Å². The van der Waals surface area contributed by atoms with Gasteiger partial charge in [-0.25, -0.2) is 0 Å². The molecule has 0 radical (unpaired) electrons. The minimum absolute atomic E-state index is 0.0556. The van der Waals surface area contributed by atoms with Crippen molar-refractivity contribution in [3.63, 3.8) is 0 Å². The Morgan fingerprint density at radius 1 is 0.759 bits per heavy atom. The molecular formula is C25H48O4. The highest BCUT2D eigenvalue weighted by Crippen LogP contribution is 2.14. The Morgan fingerprint density at radius 3 is 1.90 bits per heavy atom. The molecule has 4 nitrogen and oxygen atoms in total. The first-order valence-electron chi connectivity index (χ1n) is 12.1.